The molecule has 0 aromatic heterocycles. The normalized spacial score (nSPS) is 10.3. The predicted octanol–water partition coefficient (Wildman–Crippen LogP) is 3.62. The lowest BCUT2D eigenvalue weighted by atomic mass is 10.1. The van der Waals surface area contributed by atoms with Crippen molar-refractivity contribution in [3.05, 3.63) is 58.4 Å². The van der Waals surface area contributed by atoms with Crippen LogP contribution in [0.2, 0.25) is 5.02 Å². The molecule has 98 valence electrons. The number of hydrogen-bond acceptors (Lipinski definition) is 2. The van der Waals surface area contributed by atoms with Gasteiger partial charge in [-0.1, -0.05) is 17.7 Å². The third-order valence-electron chi connectivity index (χ3n) is 2.69. The molecule has 0 radical (unpaired) electrons. The number of nitrogen functional groups attached to an aromatic ring is 1. The number of nitrogens with one attached hydrogen (secondary N) is 1. The van der Waals surface area contributed by atoms with Gasteiger partial charge < -0.3 is 11.1 Å². The summed E-state index contributed by atoms with van der Waals surface area (Å²) < 4.78 is 13.0. The molecule has 0 atom stereocenters. The van der Waals surface area contributed by atoms with Crippen LogP contribution in [0.5, 0.6) is 0 Å². The van der Waals surface area contributed by atoms with E-state index in [0.717, 1.165) is 11.6 Å². The maximum atomic E-state index is 13.0. The molecule has 19 heavy (non-hydrogen) atoms. The molecular weight excluding hydrogens is 267 g/mol. The van der Waals surface area contributed by atoms with E-state index in [9.17, 15) is 9.18 Å². The third kappa shape index (κ3) is 3.03. The van der Waals surface area contributed by atoms with E-state index < -0.39 is 5.82 Å². The van der Waals surface area contributed by atoms with Crippen molar-refractivity contribution < 1.29 is 9.18 Å². The van der Waals surface area contributed by atoms with Crippen LogP contribution in [-0.4, -0.2) is 5.91 Å². The van der Waals surface area contributed by atoms with E-state index in [4.69, 9.17) is 17.3 Å². The lowest BCUT2D eigenvalue weighted by molar-refractivity contribution is 0.102. The lowest BCUT2D eigenvalue weighted by Crippen LogP contribution is -2.12. The highest BCUT2D eigenvalue weighted by molar-refractivity contribution is 6.31. The van der Waals surface area contributed by atoms with Crippen molar-refractivity contribution in [3.8, 4) is 0 Å². The molecular formula is C14H12ClFN2O. The number of hydrogen-bond donors (Lipinski definition) is 2. The number of anilines is 2. The molecule has 0 aliphatic carbocycles. The van der Waals surface area contributed by atoms with Crippen LogP contribution in [-0.2, 0) is 0 Å². The summed E-state index contributed by atoms with van der Waals surface area (Å²) in [5, 5.41) is 3.24. The fourth-order valence-electron chi connectivity index (χ4n) is 1.56. The minimum absolute atomic E-state index is 0.0606. The van der Waals surface area contributed by atoms with E-state index >= 15 is 0 Å². The van der Waals surface area contributed by atoms with Gasteiger partial charge in [0.1, 0.15) is 5.82 Å². The third-order valence-corrected chi connectivity index (χ3v) is 3.10. The number of rotatable bonds is 2. The lowest BCUT2D eigenvalue weighted by Gasteiger charge is -2.07. The highest BCUT2D eigenvalue weighted by Crippen LogP contribution is 2.21. The van der Waals surface area contributed by atoms with E-state index in [0.29, 0.717) is 10.7 Å². The molecule has 5 heteroatoms. The van der Waals surface area contributed by atoms with Crippen LogP contribution >= 0.6 is 11.6 Å². The number of carbonyl (C=O) groups excluding carboxylic acids is 1. The molecule has 0 fully saturated rings. The minimum Gasteiger partial charge on any atom is -0.396 e. The van der Waals surface area contributed by atoms with Crippen molar-refractivity contribution >= 4 is 28.9 Å². The summed E-state index contributed by atoms with van der Waals surface area (Å²) in [4.78, 5) is 11.9. The fraction of sp³-hybridized carbons (Fsp3) is 0.0714. The Hall–Kier alpha value is -2.07. The van der Waals surface area contributed by atoms with Gasteiger partial charge in [-0.25, -0.2) is 4.39 Å². The van der Waals surface area contributed by atoms with E-state index in [1.165, 1.54) is 12.1 Å². The van der Waals surface area contributed by atoms with Crippen LogP contribution in [0, 0.1) is 12.7 Å². The average Bonchev–Trinajstić information content (AvgIpc) is 2.37. The quantitative estimate of drug-likeness (QED) is 0.824. The number of carbonyl (C=O) groups is 1. The molecule has 0 aliphatic heterocycles. The predicted molar refractivity (Wildman–Crippen MR) is 75.0 cm³/mol. The van der Waals surface area contributed by atoms with Crippen LogP contribution in [0.4, 0.5) is 15.8 Å². The Morgan fingerprint density at radius 1 is 1.26 bits per heavy atom. The molecule has 0 aliphatic rings. The van der Waals surface area contributed by atoms with Gasteiger partial charge >= 0.3 is 0 Å². The highest BCUT2D eigenvalue weighted by Gasteiger charge is 2.09. The monoisotopic (exact) mass is 278 g/mol. The van der Waals surface area contributed by atoms with Crippen molar-refractivity contribution in [2.24, 2.45) is 0 Å². The Labute approximate surface area is 115 Å². The van der Waals surface area contributed by atoms with Gasteiger partial charge in [0.2, 0.25) is 0 Å². The molecule has 2 aromatic rings. The maximum Gasteiger partial charge on any atom is 0.255 e. The van der Waals surface area contributed by atoms with Crippen LogP contribution < -0.4 is 11.1 Å². The summed E-state index contributed by atoms with van der Waals surface area (Å²) in [6.07, 6.45) is 0. The first-order chi connectivity index (χ1) is 8.97. The number of aryl methyl sites for hydroxylation is 1. The van der Waals surface area contributed by atoms with Crippen LogP contribution in [0.3, 0.4) is 0 Å². The summed E-state index contributed by atoms with van der Waals surface area (Å²) >= 11 is 5.97. The second-order valence-corrected chi connectivity index (χ2v) is 4.56. The van der Waals surface area contributed by atoms with E-state index in [1.54, 1.807) is 18.2 Å². The number of nitrogens with two attached hydrogens (primary N) is 1. The zero-order valence-corrected chi connectivity index (χ0v) is 11.0. The van der Waals surface area contributed by atoms with Gasteiger partial charge in [0.25, 0.3) is 5.91 Å². The fourth-order valence-corrected chi connectivity index (χ4v) is 1.74. The maximum absolute atomic E-state index is 13.0. The van der Waals surface area contributed by atoms with Crippen LogP contribution in [0.25, 0.3) is 0 Å². The average molecular weight is 279 g/mol. The van der Waals surface area contributed by atoms with Gasteiger partial charge in [-0.05, 0) is 42.8 Å². The zero-order valence-electron chi connectivity index (χ0n) is 10.2. The van der Waals surface area contributed by atoms with Crippen molar-refractivity contribution in [1.82, 2.24) is 0 Å². The molecule has 3 nitrogen and oxygen atoms in total. The smallest absolute Gasteiger partial charge is 0.255 e. The first kappa shape index (κ1) is 13.4. The van der Waals surface area contributed by atoms with Crippen LogP contribution in [0.1, 0.15) is 15.9 Å². The largest absolute Gasteiger partial charge is 0.396 e. The highest BCUT2D eigenvalue weighted by atomic mass is 35.5. The molecule has 0 saturated carbocycles. The number of benzene rings is 2. The Morgan fingerprint density at radius 2 is 2.00 bits per heavy atom. The van der Waals surface area contributed by atoms with Gasteiger partial charge in [0.05, 0.1) is 5.69 Å². The van der Waals surface area contributed by atoms with Crippen molar-refractivity contribution in [3.63, 3.8) is 0 Å². The van der Waals surface area contributed by atoms with Gasteiger partial charge in [-0.2, -0.15) is 0 Å². The molecule has 3 N–H and O–H groups in total. The Balaban J connectivity index is 2.20. The minimum atomic E-state index is -0.546. The molecule has 0 unspecified atom stereocenters. The molecule has 1 amide bonds. The molecule has 2 rings (SSSR count). The first-order valence-corrected chi connectivity index (χ1v) is 5.97. The van der Waals surface area contributed by atoms with Gasteiger partial charge in [0.15, 0.2) is 0 Å². The van der Waals surface area contributed by atoms with E-state index in [2.05, 4.69) is 5.32 Å². The SMILES string of the molecule is Cc1ccc(NC(=O)c2ccc(F)c(N)c2)cc1Cl. The van der Waals surface area contributed by atoms with Gasteiger partial charge in [-0.3, -0.25) is 4.79 Å². The summed E-state index contributed by atoms with van der Waals surface area (Å²) in [5.74, 6) is -0.915. The topological polar surface area (TPSA) is 55.1 Å². The van der Waals surface area contributed by atoms with Crippen molar-refractivity contribution in [1.29, 1.82) is 0 Å². The summed E-state index contributed by atoms with van der Waals surface area (Å²) in [6.45, 7) is 1.87. The second-order valence-electron chi connectivity index (χ2n) is 4.15. The molecule has 2 aromatic carbocycles. The molecule has 0 spiro atoms. The summed E-state index contributed by atoms with van der Waals surface area (Å²) in [7, 11) is 0. The zero-order chi connectivity index (χ0) is 14.0. The molecule has 0 heterocycles. The summed E-state index contributed by atoms with van der Waals surface area (Å²) in [6, 6.07) is 9.02. The summed E-state index contributed by atoms with van der Waals surface area (Å²) in [5.41, 5.74) is 7.14. The van der Waals surface area contributed by atoms with Crippen LogP contribution in [0.15, 0.2) is 36.4 Å². The number of halogens is 2. The Morgan fingerprint density at radius 3 is 2.63 bits per heavy atom. The van der Waals surface area contributed by atoms with Crippen molar-refractivity contribution in [2.75, 3.05) is 11.1 Å². The van der Waals surface area contributed by atoms with E-state index in [1.807, 2.05) is 6.92 Å². The second kappa shape index (κ2) is 5.28. The number of amides is 1. The standard InChI is InChI=1S/C14H12ClFN2O/c1-8-2-4-10(7-11(8)15)18-14(19)9-3-5-12(16)13(17)6-9/h2-7H,17H2,1H3,(H,18,19). The van der Waals surface area contributed by atoms with E-state index in [-0.39, 0.29) is 17.2 Å². The Bertz CT molecular complexity index is 643. The van der Waals surface area contributed by atoms with Gasteiger partial charge in [0, 0.05) is 16.3 Å². The van der Waals surface area contributed by atoms with Gasteiger partial charge in [-0.15, -0.1) is 0 Å². The molecule has 0 saturated heterocycles. The van der Waals surface area contributed by atoms with Crippen molar-refractivity contribution in [2.45, 2.75) is 6.92 Å². The first-order valence-electron chi connectivity index (χ1n) is 5.60. The molecule has 0 bridgehead atoms. The Kier molecular flexibility index (Phi) is 3.71.